The van der Waals surface area contributed by atoms with Crippen molar-refractivity contribution in [3.63, 3.8) is 0 Å². The van der Waals surface area contributed by atoms with Crippen LogP contribution < -0.4 is 5.32 Å². The van der Waals surface area contributed by atoms with Gasteiger partial charge in [-0.05, 0) is 19.8 Å². The number of nitrogens with zero attached hydrogens (tertiary/aromatic N) is 4. The number of rotatable bonds is 5. The lowest BCUT2D eigenvalue weighted by molar-refractivity contribution is 0.282. The Bertz CT molecular complexity index is 455. The van der Waals surface area contributed by atoms with E-state index in [1.54, 1.807) is 18.7 Å². The predicted molar refractivity (Wildman–Crippen MR) is 60.2 cm³/mol. The Morgan fingerprint density at radius 1 is 1.56 bits per heavy atom. The first-order valence-corrected chi connectivity index (χ1v) is 5.33. The third-order valence-corrected chi connectivity index (χ3v) is 2.39. The molecule has 6 heteroatoms. The number of hydrogen-bond donors (Lipinski definition) is 2. The minimum absolute atomic E-state index is 0.217. The summed E-state index contributed by atoms with van der Waals surface area (Å²) >= 11 is 0. The fourth-order valence-electron chi connectivity index (χ4n) is 1.56. The van der Waals surface area contributed by atoms with Crippen molar-refractivity contribution in [3.05, 3.63) is 18.7 Å². The summed E-state index contributed by atoms with van der Waals surface area (Å²) < 4.78 is 1.81. The van der Waals surface area contributed by atoms with Crippen LogP contribution in [-0.4, -0.2) is 37.3 Å². The predicted octanol–water partition coefficient (Wildman–Crippen LogP) is 0.697. The molecule has 1 atom stereocenters. The first kappa shape index (κ1) is 10.8. The zero-order valence-electron chi connectivity index (χ0n) is 9.17. The van der Waals surface area contributed by atoms with E-state index in [1.807, 2.05) is 4.40 Å². The molecule has 0 amide bonds. The Hall–Kier alpha value is -1.69. The summed E-state index contributed by atoms with van der Waals surface area (Å²) in [5.74, 6) is 0.727. The Labute approximate surface area is 93.3 Å². The van der Waals surface area contributed by atoms with Crippen molar-refractivity contribution in [1.82, 2.24) is 19.6 Å². The van der Waals surface area contributed by atoms with Gasteiger partial charge in [0.15, 0.2) is 5.82 Å². The van der Waals surface area contributed by atoms with E-state index < -0.39 is 0 Å². The van der Waals surface area contributed by atoms with Crippen molar-refractivity contribution in [1.29, 1.82) is 0 Å². The standard InChI is InChI=1S/C10H15N5O/c1-8(3-2-6-16)13-9-10-14-12-7-15(10)5-4-11-9/h4-5,7-8,16H,2-3,6H2,1H3,(H,11,13). The third kappa shape index (κ3) is 2.27. The van der Waals surface area contributed by atoms with Crippen LogP contribution in [0.2, 0.25) is 0 Å². The first-order chi connectivity index (χ1) is 7.81. The Morgan fingerprint density at radius 2 is 2.44 bits per heavy atom. The molecule has 6 nitrogen and oxygen atoms in total. The molecule has 0 saturated heterocycles. The molecule has 2 N–H and O–H groups in total. The van der Waals surface area contributed by atoms with Crippen LogP contribution >= 0.6 is 0 Å². The summed E-state index contributed by atoms with van der Waals surface area (Å²) in [7, 11) is 0. The molecule has 1 unspecified atom stereocenters. The molecule has 86 valence electrons. The lowest BCUT2D eigenvalue weighted by Crippen LogP contribution is -2.17. The summed E-state index contributed by atoms with van der Waals surface area (Å²) in [6, 6.07) is 0.252. The molecular formula is C10H15N5O. The van der Waals surface area contributed by atoms with E-state index in [4.69, 9.17) is 5.11 Å². The van der Waals surface area contributed by atoms with Crippen LogP contribution in [0.25, 0.3) is 5.65 Å². The van der Waals surface area contributed by atoms with Gasteiger partial charge in [-0.15, -0.1) is 10.2 Å². The average molecular weight is 221 g/mol. The van der Waals surface area contributed by atoms with E-state index in [0.29, 0.717) is 0 Å². The molecule has 0 aliphatic heterocycles. The fraction of sp³-hybridized carbons (Fsp3) is 0.500. The van der Waals surface area contributed by atoms with Crippen molar-refractivity contribution >= 4 is 11.5 Å². The van der Waals surface area contributed by atoms with Crippen LogP contribution in [0.1, 0.15) is 19.8 Å². The molecule has 0 aliphatic rings. The number of aromatic nitrogens is 4. The Kier molecular flexibility index (Phi) is 3.31. The summed E-state index contributed by atoms with van der Waals surface area (Å²) in [5.41, 5.74) is 0.721. The average Bonchev–Trinajstić information content (AvgIpc) is 2.75. The number of hydrogen-bond acceptors (Lipinski definition) is 5. The normalized spacial score (nSPS) is 12.9. The molecule has 16 heavy (non-hydrogen) atoms. The summed E-state index contributed by atoms with van der Waals surface area (Å²) in [5, 5.41) is 19.8. The SMILES string of the molecule is CC(CCCO)Nc1nccn2cnnc12. The second-order valence-electron chi connectivity index (χ2n) is 3.75. The maximum atomic E-state index is 8.75. The Balaban J connectivity index is 2.11. The van der Waals surface area contributed by atoms with Crippen molar-refractivity contribution in [2.24, 2.45) is 0 Å². The number of aliphatic hydroxyl groups is 1. The van der Waals surface area contributed by atoms with E-state index in [1.165, 1.54) is 0 Å². The van der Waals surface area contributed by atoms with Gasteiger partial charge in [-0.25, -0.2) is 4.98 Å². The molecule has 0 aromatic carbocycles. The van der Waals surface area contributed by atoms with Crippen LogP contribution in [0, 0.1) is 0 Å². The topological polar surface area (TPSA) is 75.3 Å². The van der Waals surface area contributed by atoms with Crippen molar-refractivity contribution < 1.29 is 5.11 Å². The van der Waals surface area contributed by atoms with Gasteiger partial charge in [-0.1, -0.05) is 0 Å². The second kappa shape index (κ2) is 4.89. The quantitative estimate of drug-likeness (QED) is 0.777. The van der Waals surface area contributed by atoms with Crippen molar-refractivity contribution in [2.75, 3.05) is 11.9 Å². The van der Waals surface area contributed by atoms with Gasteiger partial charge in [-0.2, -0.15) is 0 Å². The van der Waals surface area contributed by atoms with Gasteiger partial charge >= 0.3 is 0 Å². The molecule has 0 radical (unpaired) electrons. The lowest BCUT2D eigenvalue weighted by atomic mass is 10.2. The van der Waals surface area contributed by atoms with E-state index in [9.17, 15) is 0 Å². The highest BCUT2D eigenvalue weighted by Gasteiger charge is 2.07. The number of fused-ring (bicyclic) bond motifs is 1. The summed E-state index contributed by atoms with van der Waals surface area (Å²) in [6.07, 6.45) is 6.83. The first-order valence-electron chi connectivity index (χ1n) is 5.33. The molecule has 0 spiro atoms. The zero-order chi connectivity index (χ0) is 11.4. The molecule has 0 saturated carbocycles. The Morgan fingerprint density at radius 3 is 3.25 bits per heavy atom. The van der Waals surface area contributed by atoms with Gasteiger partial charge in [0.1, 0.15) is 6.33 Å². The molecular weight excluding hydrogens is 206 g/mol. The van der Waals surface area contributed by atoms with Crippen LogP contribution in [0.4, 0.5) is 5.82 Å². The maximum Gasteiger partial charge on any atom is 0.203 e. The minimum atomic E-state index is 0.217. The van der Waals surface area contributed by atoms with Crippen LogP contribution in [0.15, 0.2) is 18.7 Å². The fourth-order valence-corrected chi connectivity index (χ4v) is 1.56. The highest BCUT2D eigenvalue weighted by molar-refractivity contribution is 5.61. The highest BCUT2D eigenvalue weighted by Crippen LogP contribution is 2.12. The molecule has 2 heterocycles. The molecule has 0 bridgehead atoms. The molecule has 2 aromatic heterocycles. The van der Waals surface area contributed by atoms with Gasteiger partial charge in [0, 0.05) is 25.0 Å². The number of anilines is 1. The monoisotopic (exact) mass is 221 g/mol. The van der Waals surface area contributed by atoms with Gasteiger partial charge in [0.25, 0.3) is 0 Å². The summed E-state index contributed by atoms with van der Waals surface area (Å²) in [4.78, 5) is 4.23. The van der Waals surface area contributed by atoms with Crippen LogP contribution in [0.3, 0.4) is 0 Å². The molecule has 2 rings (SSSR count). The molecule has 0 aliphatic carbocycles. The van der Waals surface area contributed by atoms with Gasteiger partial charge in [-0.3, -0.25) is 4.40 Å². The van der Waals surface area contributed by atoms with E-state index >= 15 is 0 Å². The van der Waals surface area contributed by atoms with Gasteiger partial charge < -0.3 is 10.4 Å². The van der Waals surface area contributed by atoms with E-state index in [-0.39, 0.29) is 12.6 Å². The maximum absolute atomic E-state index is 8.75. The van der Waals surface area contributed by atoms with Gasteiger partial charge in [0.05, 0.1) is 0 Å². The van der Waals surface area contributed by atoms with E-state index in [2.05, 4.69) is 27.4 Å². The zero-order valence-corrected chi connectivity index (χ0v) is 9.17. The lowest BCUT2D eigenvalue weighted by Gasteiger charge is -2.13. The van der Waals surface area contributed by atoms with Crippen molar-refractivity contribution in [3.8, 4) is 0 Å². The second-order valence-corrected chi connectivity index (χ2v) is 3.75. The molecule has 0 fully saturated rings. The molecule has 2 aromatic rings. The van der Waals surface area contributed by atoms with Crippen LogP contribution in [0.5, 0.6) is 0 Å². The van der Waals surface area contributed by atoms with Gasteiger partial charge in [0.2, 0.25) is 5.65 Å². The number of nitrogens with one attached hydrogen (secondary N) is 1. The van der Waals surface area contributed by atoms with Crippen LogP contribution in [-0.2, 0) is 0 Å². The highest BCUT2D eigenvalue weighted by atomic mass is 16.2. The number of aliphatic hydroxyl groups excluding tert-OH is 1. The summed E-state index contributed by atoms with van der Waals surface area (Å²) in [6.45, 7) is 2.27. The third-order valence-electron chi connectivity index (χ3n) is 2.39. The smallest absolute Gasteiger partial charge is 0.203 e. The van der Waals surface area contributed by atoms with E-state index in [0.717, 1.165) is 24.3 Å². The minimum Gasteiger partial charge on any atom is -0.396 e. The largest absolute Gasteiger partial charge is 0.396 e. The van der Waals surface area contributed by atoms with Crippen molar-refractivity contribution in [2.45, 2.75) is 25.8 Å².